The molecule has 0 saturated carbocycles. The van der Waals surface area contributed by atoms with Crippen LogP contribution in [0.25, 0.3) is 0 Å². The number of halogens is 4. The van der Waals surface area contributed by atoms with E-state index >= 15 is 0 Å². The van der Waals surface area contributed by atoms with E-state index in [9.17, 15) is 17.6 Å². The number of nitrogens with two attached hydrogens (primary N) is 1. The fourth-order valence-corrected chi connectivity index (χ4v) is 0.731. The monoisotopic (exact) mass is 189 g/mol. The first-order valence-corrected chi connectivity index (χ1v) is 3.24. The zero-order chi connectivity index (χ0) is 9.99. The van der Waals surface area contributed by atoms with Gasteiger partial charge in [0.1, 0.15) is 0 Å². The van der Waals surface area contributed by atoms with E-state index in [2.05, 4.69) is 10.7 Å². The van der Waals surface area contributed by atoms with Gasteiger partial charge in [-0.15, -0.1) is 0 Å². The molecule has 2 N–H and O–H groups in total. The number of hydrogen-bond donors (Lipinski definition) is 1. The van der Waals surface area contributed by atoms with Crippen LogP contribution >= 0.6 is 0 Å². The van der Waals surface area contributed by atoms with E-state index in [-0.39, 0.29) is 0 Å². The second-order valence-corrected chi connectivity index (χ2v) is 3.20. The summed E-state index contributed by atoms with van der Waals surface area (Å²) in [6, 6.07) is 0. The summed E-state index contributed by atoms with van der Waals surface area (Å²) in [6.07, 6.45) is -7.78. The molecule has 0 bridgehead atoms. The molecule has 0 saturated heterocycles. The average Bonchev–Trinajstić information content (AvgIpc) is 1.84. The van der Waals surface area contributed by atoms with Crippen molar-refractivity contribution in [1.82, 2.24) is 0 Å². The van der Waals surface area contributed by atoms with Crippen LogP contribution in [0.1, 0.15) is 13.8 Å². The first kappa shape index (κ1) is 11.6. The Morgan fingerprint density at radius 2 is 1.75 bits per heavy atom. The average molecular weight is 189 g/mol. The lowest BCUT2D eigenvalue weighted by molar-refractivity contribution is -0.215. The summed E-state index contributed by atoms with van der Waals surface area (Å²) in [5.74, 6) is 4.56. The highest BCUT2D eigenvalue weighted by atomic mass is 19.4. The Hall–Kier alpha value is -0.360. The van der Waals surface area contributed by atoms with Gasteiger partial charge in [-0.2, -0.15) is 13.2 Å². The van der Waals surface area contributed by atoms with Gasteiger partial charge in [-0.25, -0.2) is 10.3 Å². The summed E-state index contributed by atoms with van der Waals surface area (Å²) in [5.41, 5.74) is -1.65. The van der Waals surface area contributed by atoms with Crippen LogP contribution in [-0.2, 0) is 4.84 Å². The van der Waals surface area contributed by atoms with E-state index in [1.807, 2.05) is 0 Å². The molecule has 6 heteroatoms. The van der Waals surface area contributed by atoms with Crippen molar-refractivity contribution in [1.29, 1.82) is 0 Å². The smallest absolute Gasteiger partial charge is 0.304 e. The highest BCUT2D eigenvalue weighted by Gasteiger charge is 2.49. The molecule has 0 aromatic carbocycles. The van der Waals surface area contributed by atoms with Crippen LogP contribution in [0.3, 0.4) is 0 Å². The van der Waals surface area contributed by atoms with Gasteiger partial charge in [0.25, 0.3) is 0 Å². The molecule has 1 atom stereocenters. The van der Waals surface area contributed by atoms with E-state index in [4.69, 9.17) is 0 Å². The predicted molar refractivity (Wildman–Crippen MR) is 34.9 cm³/mol. The van der Waals surface area contributed by atoms with E-state index in [1.165, 1.54) is 0 Å². The summed E-state index contributed by atoms with van der Waals surface area (Å²) in [4.78, 5) is 3.98. The minimum atomic E-state index is -4.86. The van der Waals surface area contributed by atoms with Crippen LogP contribution in [-0.4, -0.2) is 19.0 Å². The van der Waals surface area contributed by atoms with E-state index in [0.29, 0.717) is 0 Å². The Kier molecular flexibility index (Phi) is 3.46. The Bertz CT molecular complexity index is 145. The Balaban J connectivity index is 4.34. The lowest BCUT2D eigenvalue weighted by atomic mass is 9.88. The van der Waals surface area contributed by atoms with Crippen molar-refractivity contribution in [2.75, 3.05) is 6.61 Å². The second-order valence-electron chi connectivity index (χ2n) is 3.20. The molecule has 0 amide bonds. The summed E-state index contributed by atoms with van der Waals surface area (Å²) >= 11 is 0. The molecular weight excluding hydrogens is 178 g/mol. The Morgan fingerprint density at radius 3 is 2.00 bits per heavy atom. The molecule has 0 aromatic rings. The minimum absolute atomic E-state index is 0.478. The molecule has 0 rings (SSSR count). The maximum atomic E-state index is 12.6. The zero-order valence-corrected chi connectivity index (χ0v) is 6.78. The number of alkyl halides is 4. The summed E-state index contributed by atoms with van der Waals surface area (Å²) in [7, 11) is 0. The molecule has 0 aromatic heterocycles. The fraction of sp³-hybridized carbons (Fsp3) is 1.00. The highest BCUT2D eigenvalue weighted by molar-refractivity contribution is 4.83. The van der Waals surface area contributed by atoms with Gasteiger partial charge in [0.15, 0.2) is 0 Å². The first-order valence-electron chi connectivity index (χ1n) is 3.24. The van der Waals surface area contributed by atoms with Gasteiger partial charge in [-0.1, -0.05) is 13.8 Å². The molecule has 0 heterocycles. The van der Waals surface area contributed by atoms with Crippen molar-refractivity contribution in [3.8, 4) is 0 Å². The maximum absolute atomic E-state index is 12.6. The van der Waals surface area contributed by atoms with E-state index in [0.717, 1.165) is 13.8 Å². The third kappa shape index (κ3) is 2.94. The van der Waals surface area contributed by atoms with Crippen LogP contribution in [0.4, 0.5) is 17.6 Å². The first-order chi connectivity index (χ1) is 5.22. The molecule has 0 aliphatic carbocycles. The van der Waals surface area contributed by atoms with Crippen molar-refractivity contribution in [3.05, 3.63) is 0 Å². The normalized spacial score (nSPS) is 16.2. The lowest BCUT2D eigenvalue weighted by Crippen LogP contribution is -2.41. The summed E-state index contributed by atoms with van der Waals surface area (Å²) in [6.45, 7) is 1.71. The molecule has 0 aliphatic rings. The van der Waals surface area contributed by atoms with Gasteiger partial charge >= 0.3 is 6.18 Å². The van der Waals surface area contributed by atoms with Crippen LogP contribution in [0.5, 0.6) is 0 Å². The van der Waals surface area contributed by atoms with Crippen LogP contribution < -0.4 is 5.90 Å². The number of rotatable bonds is 3. The lowest BCUT2D eigenvalue weighted by Gasteiger charge is -2.28. The van der Waals surface area contributed by atoms with Gasteiger partial charge in [-0.3, -0.25) is 0 Å². The van der Waals surface area contributed by atoms with Gasteiger partial charge in [0.2, 0.25) is 6.17 Å². The highest BCUT2D eigenvalue weighted by Crippen LogP contribution is 2.36. The molecule has 0 radical (unpaired) electrons. The standard InChI is InChI=1S/C6H11F4NO/c1-5(2,3-12-11)4(7)6(8,9)10/h4H,3,11H2,1-2H3. The molecule has 74 valence electrons. The van der Waals surface area contributed by atoms with Crippen molar-refractivity contribution in [3.63, 3.8) is 0 Å². The van der Waals surface area contributed by atoms with Crippen molar-refractivity contribution >= 4 is 0 Å². The summed E-state index contributed by atoms with van der Waals surface area (Å²) in [5, 5.41) is 0. The Labute approximate surface area is 67.6 Å². The molecule has 0 spiro atoms. The molecule has 0 aliphatic heterocycles. The van der Waals surface area contributed by atoms with E-state index in [1.54, 1.807) is 0 Å². The molecule has 0 fully saturated rings. The summed E-state index contributed by atoms with van der Waals surface area (Å²) < 4.78 is 48.0. The molecule has 1 unspecified atom stereocenters. The molecule has 12 heavy (non-hydrogen) atoms. The predicted octanol–water partition coefficient (Wildman–Crippen LogP) is 1.80. The van der Waals surface area contributed by atoms with Crippen LogP contribution in [0.2, 0.25) is 0 Å². The molecule has 2 nitrogen and oxygen atoms in total. The minimum Gasteiger partial charge on any atom is -0.304 e. The SMILES string of the molecule is CC(C)(CON)C(F)C(F)(F)F. The quantitative estimate of drug-likeness (QED) is 0.542. The van der Waals surface area contributed by atoms with Gasteiger partial charge < -0.3 is 4.84 Å². The fourth-order valence-electron chi connectivity index (χ4n) is 0.731. The Morgan fingerprint density at radius 1 is 1.33 bits per heavy atom. The second kappa shape index (κ2) is 3.57. The van der Waals surface area contributed by atoms with Crippen molar-refractivity contribution < 1.29 is 22.4 Å². The van der Waals surface area contributed by atoms with Crippen molar-refractivity contribution in [2.24, 2.45) is 11.3 Å². The topological polar surface area (TPSA) is 35.2 Å². The third-order valence-electron chi connectivity index (χ3n) is 1.43. The van der Waals surface area contributed by atoms with Crippen LogP contribution in [0.15, 0.2) is 0 Å². The third-order valence-corrected chi connectivity index (χ3v) is 1.43. The van der Waals surface area contributed by atoms with Gasteiger partial charge in [0.05, 0.1) is 6.61 Å². The maximum Gasteiger partial charge on any atom is 0.420 e. The number of hydrogen-bond acceptors (Lipinski definition) is 2. The van der Waals surface area contributed by atoms with E-state index < -0.39 is 24.4 Å². The zero-order valence-electron chi connectivity index (χ0n) is 6.78. The largest absolute Gasteiger partial charge is 0.420 e. The van der Waals surface area contributed by atoms with Gasteiger partial charge in [-0.05, 0) is 0 Å². The van der Waals surface area contributed by atoms with Gasteiger partial charge in [0, 0.05) is 5.41 Å². The van der Waals surface area contributed by atoms with Crippen molar-refractivity contribution in [2.45, 2.75) is 26.2 Å². The molecular formula is C6H11F4NO. The van der Waals surface area contributed by atoms with Crippen LogP contribution in [0, 0.1) is 5.41 Å².